The average Bonchev–Trinajstić information content (AvgIpc) is 2.52. The molecular formula is C11H19NOS. The minimum atomic E-state index is -0.542. The van der Waals surface area contributed by atoms with Crippen LogP contribution in [-0.2, 0) is 0 Å². The van der Waals surface area contributed by atoms with Crippen molar-refractivity contribution in [3.8, 4) is 0 Å². The summed E-state index contributed by atoms with van der Waals surface area (Å²) in [4.78, 5) is 0. The number of aliphatic hydroxyl groups is 1. The molecule has 2 atom stereocenters. The van der Waals surface area contributed by atoms with Gasteiger partial charge in [-0.1, -0.05) is 26.0 Å². The molecule has 1 fully saturated rings. The number of nitrogens with one attached hydrogen (secondary N) is 1. The molecule has 0 amide bonds. The highest BCUT2D eigenvalue weighted by Crippen LogP contribution is 2.41. The second kappa shape index (κ2) is 3.54. The van der Waals surface area contributed by atoms with E-state index in [1.807, 2.05) is 11.8 Å². The Morgan fingerprint density at radius 1 is 1.43 bits per heavy atom. The molecule has 2 nitrogen and oxygen atoms in total. The first-order valence-corrected chi connectivity index (χ1v) is 6.38. The summed E-state index contributed by atoms with van der Waals surface area (Å²) in [6.07, 6.45) is 5.12. The molecule has 2 heterocycles. The second-order valence-corrected chi connectivity index (χ2v) is 6.24. The summed E-state index contributed by atoms with van der Waals surface area (Å²) in [6, 6.07) is 0.162. The van der Waals surface area contributed by atoms with Gasteiger partial charge in [-0.2, -0.15) is 11.8 Å². The summed E-state index contributed by atoms with van der Waals surface area (Å²) in [5.41, 5.74) is -0.283. The molecule has 2 N–H and O–H groups in total. The number of rotatable bonds is 1. The fraction of sp³-hybridized carbons (Fsp3) is 0.818. The van der Waals surface area contributed by atoms with E-state index < -0.39 is 5.60 Å². The summed E-state index contributed by atoms with van der Waals surface area (Å²) < 4.78 is 0. The topological polar surface area (TPSA) is 32.3 Å². The highest BCUT2D eigenvalue weighted by Gasteiger charge is 2.44. The van der Waals surface area contributed by atoms with Crippen LogP contribution < -0.4 is 5.32 Å². The van der Waals surface area contributed by atoms with E-state index in [0.29, 0.717) is 0 Å². The van der Waals surface area contributed by atoms with Gasteiger partial charge in [0.05, 0.1) is 11.6 Å². The lowest BCUT2D eigenvalue weighted by atomic mass is 9.78. The van der Waals surface area contributed by atoms with Gasteiger partial charge in [-0.3, -0.25) is 0 Å². The Bertz CT molecular complexity index is 252. The Morgan fingerprint density at radius 2 is 2.21 bits per heavy atom. The van der Waals surface area contributed by atoms with Gasteiger partial charge >= 0.3 is 0 Å². The lowest BCUT2D eigenvalue weighted by Gasteiger charge is -2.44. The third kappa shape index (κ3) is 2.00. The Hall–Kier alpha value is 0.01000. The molecule has 0 radical (unpaired) electrons. The molecular weight excluding hydrogens is 194 g/mol. The SMILES string of the molecule is CC1(C)CSCC(O)(C2C=CCN2)C1. The maximum atomic E-state index is 10.6. The largest absolute Gasteiger partial charge is 0.387 e. The predicted octanol–water partition coefficient (Wildman–Crippen LogP) is 1.41. The number of hydrogen-bond acceptors (Lipinski definition) is 3. The van der Waals surface area contributed by atoms with Gasteiger partial charge in [0.2, 0.25) is 0 Å². The molecule has 2 unspecified atom stereocenters. The van der Waals surface area contributed by atoms with Crippen molar-refractivity contribution in [2.45, 2.75) is 31.9 Å². The fourth-order valence-electron chi connectivity index (χ4n) is 2.47. The normalized spacial score (nSPS) is 41.5. The first-order valence-electron chi connectivity index (χ1n) is 5.22. The van der Waals surface area contributed by atoms with Gasteiger partial charge in [-0.25, -0.2) is 0 Å². The summed E-state index contributed by atoms with van der Waals surface area (Å²) in [7, 11) is 0. The van der Waals surface area contributed by atoms with Gasteiger partial charge in [0.1, 0.15) is 0 Å². The maximum absolute atomic E-state index is 10.6. The van der Waals surface area contributed by atoms with Crippen LogP contribution >= 0.6 is 11.8 Å². The molecule has 0 spiro atoms. The van der Waals surface area contributed by atoms with Crippen molar-refractivity contribution in [2.24, 2.45) is 5.41 Å². The fourth-order valence-corrected chi connectivity index (χ4v) is 3.86. The van der Waals surface area contributed by atoms with E-state index in [1.165, 1.54) is 0 Å². The summed E-state index contributed by atoms with van der Waals surface area (Å²) >= 11 is 1.87. The van der Waals surface area contributed by atoms with Crippen LogP contribution in [0.1, 0.15) is 20.3 Å². The lowest BCUT2D eigenvalue weighted by molar-refractivity contribution is 0.00182. The molecule has 0 saturated carbocycles. The molecule has 0 aliphatic carbocycles. The molecule has 0 aromatic heterocycles. The molecule has 0 bridgehead atoms. The standard InChI is InChI=1S/C11H19NOS/c1-10(2)6-11(13,8-14-7-10)9-4-3-5-12-9/h3-4,9,12-13H,5-8H2,1-2H3. The quantitative estimate of drug-likeness (QED) is 0.646. The van der Waals surface area contributed by atoms with Crippen LogP contribution in [0, 0.1) is 5.41 Å². The van der Waals surface area contributed by atoms with E-state index in [1.54, 1.807) is 0 Å². The van der Waals surface area contributed by atoms with E-state index >= 15 is 0 Å². The highest BCUT2D eigenvalue weighted by atomic mass is 32.2. The smallest absolute Gasteiger partial charge is 0.0930 e. The van der Waals surface area contributed by atoms with E-state index in [2.05, 4.69) is 31.3 Å². The third-order valence-electron chi connectivity index (χ3n) is 2.99. The Kier molecular flexibility index (Phi) is 2.66. The van der Waals surface area contributed by atoms with Crippen molar-refractivity contribution in [2.75, 3.05) is 18.1 Å². The zero-order valence-corrected chi connectivity index (χ0v) is 9.73. The van der Waals surface area contributed by atoms with Crippen molar-refractivity contribution in [3.05, 3.63) is 12.2 Å². The minimum Gasteiger partial charge on any atom is -0.387 e. The van der Waals surface area contributed by atoms with Crippen LogP contribution in [0.2, 0.25) is 0 Å². The number of thioether (sulfide) groups is 1. The van der Waals surface area contributed by atoms with Gasteiger partial charge in [-0.15, -0.1) is 0 Å². The zero-order valence-electron chi connectivity index (χ0n) is 8.92. The van der Waals surface area contributed by atoms with E-state index in [0.717, 1.165) is 24.5 Å². The van der Waals surface area contributed by atoms with Gasteiger partial charge in [-0.05, 0) is 17.6 Å². The van der Waals surface area contributed by atoms with Gasteiger partial charge in [0, 0.05) is 12.3 Å². The highest BCUT2D eigenvalue weighted by molar-refractivity contribution is 7.99. The van der Waals surface area contributed by atoms with E-state index in [4.69, 9.17) is 0 Å². The van der Waals surface area contributed by atoms with Crippen molar-refractivity contribution in [1.29, 1.82) is 0 Å². The van der Waals surface area contributed by atoms with Crippen LogP contribution in [0.15, 0.2) is 12.2 Å². The first kappa shape index (κ1) is 10.5. The van der Waals surface area contributed by atoms with Gasteiger partial charge in [0.15, 0.2) is 0 Å². The van der Waals surface area contributed by atoms with Crippen LogP contribution in [0.4, 0.5) is 0 Å². The summed E-state index contributed by atoms with van der Waals surface area (Å²) in [5, 5.41) is 13.9. The molecule has 80 valence electrons. The van der Waals surface area contributed by atoms with Gasteiger partial charge in [0.25, 0.3) is 0 Å². The molecule has 0 aromatic rings. The maximum Gasteiger partial charge on any atom is 0.0930 e. The van der Waals surface area contributed by atoms with Crippen molar-refractivity contribution < 1.29 is 5.11 Å². The molecule has 2 aliphatic rings. The molecule has 0 aromatic carbocycles. The van der Waals surface area contributed by atoms with Gasteiger partial charge < -0.3 is 10.4 Å². The molecule has 1 saturated heterocycles. The second-order valence-electron chi connectivity index (χ2n) is 5.25. The number of hydrogen-bond donors (Lipinski definition) is 2. The van der Waals surface area contributed by atoms with Crippen LogP contribution in [0.3, 0.4) is 0 Å². The molecule has 14 heavy (non-hydrogen) atoms. The lowest BCUT2D eigenvalue weighted by Crippen LogP contribution is -2.54. The Morgan fingerprint density at radius 3 is 2.79 bits per heavy atom. The molecule has 2 aliphatic heterocycles. The minimum absolute atomic E-state index is 0.162. The monoisotopic (exact) mass is 213 g/mol. The van der Waals surface area contributed by atoms with Crippen LogP contribution in [0.5, 0.6) is 0 Å². The third-order valence-corrected chi connectivity index (χ3v) is 4.68. The predicted molar refractivity (Wildman–Crippen MR) is 61.6 cm³/mol. The van der Waals surface area contributed by atoms with E-state index in [9.17, 15) is 5.11 Å². The zero-order chi connectivity index (χ0) is 10.2. The van der Waals surface area contributed by atoms with Crippen LogP contribution in [0.25, 0.3) is 0 Å². The van der Waals surface area contributed by atoms with Crippen molar-refractivity contribution in [1.82, 2.24) is 5.32 Å². The first-order chi connectivity index (χ1) is 6.52. The van der Waals surface area contributed by atoms with E-state index in [-0.39, 0.29) is 11.5 Å². The van der Waals surface area contributed by atoms with Crippen LogP contribution in [-0.4, -0.2) is 34.8 Å². The average molecular weight is 213 g/mol. The molecule has 2 rings (SSSR count). The summed E-state index contributed by atoms with van der Waals surface area (Å²) in [5.74, 6) is 2.02. The molecule has 3 heteroatoms. The van der Waals surface area contributed by atoms with Crippen molar-refractivity contribution in [3.63, 3.8) is 0 Å². The Balaban J connectivity index is 2.10. The Labute approximate surface area is 90.2 Å². The van der Waals surface area contributed by atoms with Crippen molar-refractivity contribution >= 4 is 11.8 Å². The summed E-state index contributed by atoms with van der Waals surface area (Å²) in [6.45, 7) is 5.38.